The summed E-state index contributed by atoms with van der Waals surface area (Å²) in [5.41, 5.74) is 3.17. The molecule has 5 heteroatoms. The third kappa shape index (κ3) is 3.73. The molecule has 0 unspecified atom stereocenters. The van der Waals surface area contributed by atoms with Crippen LogP contribution in [0.4, 0.5) is 0 Å². The number of aryl methyl sites for hydroxylation is 1. The lowest BCUT2D eigenvalue weighted by Crippen LogP contribution is -2.47. The van der Waals surface area contributed by atoms with Crippen LogP contribution < -0.4 is 10.6 Å². The minimum atomic E-state index is -0.0160. The van der Waals surface area contributed by atoms with Gasteiger partial charge in [0.2, 0.25) is 0 Å². The van der Waals surface area contributed by atoms with E-state index in [1.54, 1.807) is 7.05 Å². The van der Waals surface area contributed by atoms with Gasteiger partial charge in [-0.3, -0.25) is 4.99 Å². The standard InChI is InChI=1S/C15H23N5/c1-11-6-7-20-10-12(18-13(20)8-11)9-17-14(16-5)19-15(2,3)4/h6-8,10H,9H2,1-5H3,(H2,16,17,19). The van der Waals surface area contributed by atoms with Crippen LogP contribution in [-0.4, -0.2) is 27.9 Å². The first kappa shape index (κ1) is 14.4. The van der Waals surface area contributed by atoms with Gasteiger partial charge >= 0.3 is 0 Å². The Morgan fingerprint density at radius 3 is 2.80 bits per heavy atom. The second-order valence-electron chi connectivity index (χ2n) is 6.00. The van der Waals surface area contributed by atoms with Crippen molar-refractivity contribution in [2.45, 2.75) is 39.8 Å². The number of hydrogen-bond donors (Lipinski definition) is 2. The Balaban J connectivity index is 2.05. The van der Waals surface area contributed by atoms with Gasteiger partial charge in [0.25, 0.3) is 0 Å². The van der Waals surface area contributed by atoms with Crippen molar-refractivity contribution in [3.05, 3.63) is 35.8 Å². The highest BCUT2D eigenvalue weighted by atomic mass is 15.2. The number of fused-ring (bicyclic) bond motifs is 1. The van der Waals surface area contributed by atoms with Crippen LogP contribution in [-0.2, 0) is 6.54 Å². The summed E-state index contributed by atoms with van der Waals surface area (Å²) in [6.07, 6.45) is 4.07. The Hall–Kier alpha value is -2.04. The van der Waals surface area contributed by atoms with E-state index in [1.807, 2.05) is 16.8 Å². The summed E-state index contributed by atoms with van der Waals surface area (Å²) in [5, 5.41) is 6.60. The van der Waals surface area contributed by atoms with E-state index < -0.39 is 0 Å². The van der Waals surface area contributed by atoms with Crippen LogP contribution in [0.1, 0.15) is 32.0 Å². The quantitative estimate of drug-likeness (QED) is 0.651. The average Bonchev–Trinajstić information content (AvgIpc) is 2.75. The van der Waals surface area contributed by atoms with Gasteiger partial charge in [-0.05, 0) is 45.4 Å². The van der Waals surface area contributed by atoms with Crippen LogP contribution in [0, 0.1) is 6.92 Å². The Labute approximate surface area is 120 Å². The van der Waals surface area contributed by atoms with E-state index in [0.717, 1.165) is 17.3 Å². The summed E-state index contributed by atoms with van der Waals surface area (Å²) >= 11 is 0. The molecule has 0 fully saturated rings. The minimum absolute atomic E-state index is 0.0160. The summed E-state index contributed by atoms with van der Waals surface area (Å²) < 4.78 is 2.03. The van der Waals surface area contributed by atoms with Crippen LogP contribution in [0.5, 0.6) is 0 Å². The first-order chi connectivity index (χ1) is 9.37. The van der Waals surface area contributed by atoms with Crippen LogP contribution in [0.3, 0.4) is 0 Å². The number of hydrogen-bond acceptors (Lipinski definition) is 2. The zero-order valence-corrected chi connectivity index (χ0v) is 12.9. The number of rotatable bonds is 2. The van der Waals surface area contributed by atoms with Crippen molar-refractivity contribution in [3.8, 4) is 0 Å². The molecule has 0 amide bonds. The van der Waals surface area contributed by atoms with Crippen LogP contribution >= 0.6 is 0 Å². The molecule has 0 saturated carbocycles. The maximum atomic E-state index is 4.59. The van der Waals surface area contributed by atoms with Gasteiger partial charge in [0, 0.05) is 25.0 Å². The van der Waals surface area contributed by atoms with E-state index in [9.17, 15) is 0 Å². The monoisotopic (exact) mass is 273 g/mol. The Bertz CT molecular complexity index is 619. The molecule has 0 aliphatic rings. The molecule has 0 bridgehead atoms. The van der Waals surface area contributed by atoms with Gasteiger partial charge in [0.1, 0.15) is 5.65 Å². The van der Waals surface area contributed by atoms with Crippen molar-refractivity contribution in [2.75, 3.05) is 7.05 Å². The number of aliphatic imine (C=N–C) groups is 1. The van der Waals surface area contributed by atoms with E-state index in [0.29, 0.717) is 6.54 Å². The zero-order chi connectivity index (χ0) is 14.8. The predicted octanol–water partition coefficient (Wildman–Crippen LogP) is 2.11. The number of guanidine groups is 1. The molecule has 2 aromatic rings. The Morgan fingerprint density at radius 2 is 2.15 bits per heavy atom. The second-order valence-corrected chi connectivity index (χ2v) is 6.00. The number of pyridine rings is 1. The summed E-state index contributed by atoms with van der Waals surface area (Å²) in [6.45, 7) is 9.03. The molecule has 0 aliphatic heterocycles. The lowest BCUT2D eigenvalue weighted by molar-refractivity contribution is 0.501. The Morgan fingerprint density at radius 1 is 1.40 bits per heavy atom. The third-order valence-corrected chi connectivity index (χ3v) is 2.82. The molecule has 2 N–H and O–H groups in total. The molecule has 2 heterocycles. The topological polar surface area (TPSA) is 53.7 Å². The first-order valence-corrected chi connectivity index (χ1v) is 6.80. The average molecular weight is 273 g/mol. The molecule has 0 aliphatic carbocycles. The lowest BCUT2D eigenvalue weighted by Gasteiger charge is -2.23. The molecule has 108 valence electrons. The minimum Gasteiger partial charge on any atom is -0.352 e. The number of nitrogens with one attached hydrogen (secondary N) is 2. The highest BCUT2D eigenvalue weighted by Gasteiger charge is 2.12. The van der Waals surface area contributed by atoms with Gasteiger partial charge in [0.15, 0.2) is 5.96 Å². The Kier molecular flexibility index (Phi) is 3.97. The largest absolute Gasteiger partial charge is 0.352 e. The van der Waals surface area contributed by atoms with Crippen molar-refractivity contribution in [3.63, 3.8) is 0 Å². The lowest BCUT2D eigenvalue weighted by atomic mass is 10.1. The van der Waals surface area contributed by atoms with E-state index in [2.05, 4.69) is 60.4 Å². The summed E-state index contributed by atoms with van der Waals surface area (Å²) in [6, 6.07) is 4.15. The van der Waals surface area contributed by atoms with Crippen molar-refractivity contribution in [1.82, 2.24) is 20.0 Å². The molecule has 2 aromatic heterocycles. The zero-order valence-electron chi connectivity index (χ0n) is 12.9. The predicted molar refractivity (Wildman–Crippen MR) is 83.0 cm³/mol. The second kappa shape index (κ2) is 5.53. The van der Waals surface area contributed by atoms with Gasteiger partial charge < -0.3 is 15.0 Å². The van der Waals surface area contributed by atoms with Crippen molar-refractivity contribution in [1.29, 1.82) is 0 Å². The number of imidazole rings is 1. The molecule has 2 rings (SSSR count). The van der Waals surface area contributed by atoms with E-state index in [1.165, 1.54) is 5.56 Å². The number of nitrogens with zero attached hydrogens (tertiary/aromatic N) is 3. The summed E-state index contributed by atoms with van der Waals surface area (Å²) in [4.78, 5) is 8.81. The van der Waals surface area contributed by atoms with Gasteiger partial charge in [-0.15, -0.1) is 0 Å². The van der Waals surface area contributed by atoms with Crippen LogP contribution in [0.15, 0.2) is 29.5 Å². The molecule has 0 atom stereocenters. The van der Waals surface area contributed by atoms with Gasteiger partial charge in [-0.2, -0.15) is 0 Å². The van der Waals surface area contributed by atoms with Crippen molar-refractivity contribution in [2.24, 2.45) is 4.99 Å². The summed E-state index contributed by atoms with van der Waals surface area (Å²) in [7, 11) is 1.77. The normalized spacial score (nSPS) is 12.8. The molecular weight excluding hydrogens is 250 g/mol. The molecule has 5 nitrogen and oxygen atoms in total. The molecule has 0 saturated heterocycles. The molecule has 20 heavy (non-hydrogen) atoms. The van der Waals surface area contributed by atoms with E-state index in [-0.39, 0.29) is 5.54 Å². The summed E-state index contributed by atoms with van der Waals surface area (Å²) in [5.74, 6) is 0.783. The van der Waals surface area contributed by atoms with Crippen LogP contribution in [0.2, 0.25) is 0 Å². The molecule has 0 aromatic carbocycles. The fraction of sp³-hybridized carbons (Fsp3) is 0.467. The first-order valence-electron chi connectivity index (χ1n) is 6.80. The highest BCUT2D eigenvalue weighted by Crippen LogP contribution is 2.07. The maximum Gasteiger partial charge on any atom is 0.191 e. The fourth-order valence-electron chi connectivity index (χ4n) is 1.93. The molecular formula is C15H23N5. The SMILES string of the molecule is CN=C(NCc1cn2ccc(C)cc2n1)NC(C)(C)C. The third-order valence-electron chi connectivity index (χ3n) is 2.82. The smallest absolute Gasteiger partial charge is 0.191 e. The number of aromatic nitrogens is 2. The van der Waals surface area contributed by atoms with Crippen molar-refractivity contribution < 1.29 is 0 Å². The van der Waals surface area contributed by atoms with Gasteiger partial charge in [-0.25, -0.2) is 4.98 Å². The maximum absolute atomic E-state index is 4.59. The van der Waals surface area contributed by atoms with Crippen LogP contribution in [0.25, 0.3) is 5.65 Å². The van der Waals surface area contributed by atoms with E-state index >= 15 is 0 Å². The molecule has 0 spiro atoms. The van der Waals surface area contributed by atoms with E-state index in [4.69, 9.17) is 0 Å². The fourth-order valence-corrected chi connectivity index (χ4v) is 1.93. The van der Waals surface area contributed by atoms with Gasteiger partial charge in [-0.1, -0.05) is 0 Å². The van der Waals surface area contributed by atoms with Gasteiger partial charge in [0.05, 0.1) is 12.2 Å². The van der Waals surface area contributed by atoms with Crippen molar-refractivity contribution >= 4 is 11.6 Å². The molecule has 0 radical (unpaired) electrons. The highest BCUT2D eigenvalue weighted by molar-refractivity contribution is 5.80.